The topological polar surface area (TPSA) is 187 Å². The quantitative estimate of drug-likeness (QED) is 0.0206. The Morgan fingerprint density at radius 1 is 0.346 bits per heavy atom. The summed E-state index contributed by atoms with van der Waals surface area (Å²) in [4.78, 5) is 34.0. The zero-order valence-electron chi connectivity index (χ0n) is 51.9. The number of azide groups is 2. The Kier molecular flexibility index (Phi) is 46.4. The third kappa shape index (κ3) is 39.3. The molecule has 2 aromatic rings. The van der Waals surface area contributed by atoms with E-state index in [2.05, 4.69) is 47.7 Å². The van der Waals surface area contributed by atoms with Crippen LogP contribution in [-0.4, -0.2) is 64.7 Å². The highest BCUT2D eigenvalue weighted by Gasteiger charge is 2.34. The van der Waals surface area contributed by atoms with Crippen LogP contribution in [0.3, 0.4) is 0 Å². The molecule has 0 radical (unpaired) electrons. The minimum Gasteiger partial charge on any atom is -0.493 e. The van der Waals surface area contributed by atoms with Crippen molar-refractivity contribution in [3.8, 4) is 23.0 Å². The van der Waals surface area contributed by atoms with E-state index in [1.54, 1.807) is 24.3 Å². The summed E-state index contributed by atoms with van der Waals surface area (Å²) in [7, 11) is 0. The van der Waals surface area contributed by atoms with Gasteiger partial charge in [0.05, 0.1) is 37.6 Å². The summed E-state index contributed by atoms with van der Waals surface area (Å²) < 4.78 is 36.9. The van der Waals surface area contributed by atoms with Crippen molar-refractivity contribution in [2.75, 3.05) is 52.7 Å². The van der Waals surface area contributed by atoms with Crippen molar-refractivity contribution in [2.45, 2.75) is 285 Å². The molecule has 0 fully saturated rings. The Labute approximate surface area is 492 Å². The standard InChI is InChI=1S/C67H114N6O8/c1-5-9-13-17-21-25-29-33-37-41-45-76-61-49-59(50-62(53-61)77-46-42-38-34-30-26-22-18-14-10-6-2)65(74)80-57-67(55-70-72-68,56-71-73-69)58-81-66(75)60-51-63(78-47-43-39-35-31-27-23-19-15-11-7-3)54-64(52-60)79-48-44-40-36-32-28-24-20-16-12-8-4/h49-54H,5-48,55-58H2,1-4H3. The molecule has 2 rings (SSSR count). The number of esters is 2. The number of hydrogen-bond acceptors (Lipinski definition) is 10. The fourth-order valence-corrected chi connectivity index (χ4v) is 10.1. The number of ether oxygens (including phenoxy) is 6. The van der Waals surface area contributed by atoms with Crippen molar-refractivity contribution in [2.24, 2.45) is 15.6 Å². The van der Waals surface area contributed by atoms with E-state index in [-0.39, 0.29) is 37.4 Å². The van der Waals surface area contributed by atoms with E-state index in [0.717, 1.165) is 77.0 Å². The molecular weight excluding hydrogens is 1020 g/mol. The highest BCUT2D eigenvalue weighted by Crippen LogP contribution is 2.29. The summed E-state index contributed by atoms with van der Waals surface area (Å²) in [5, 5.41) is 7.62. The third-order valence-corrected chi connectivity index (χ3v) is 15.3. The van der Waals surface area contributed by atoms with Gasteiger partial charge < -0.3 is 28.4 Å². The van der Waals surface area contributed by atoms with E-state index in [4.69, 9.17) is 28.4 Å². The molecule has 0 unspecified atom stereocenters. The second kappa shape index (κ2) is 52.0. The summed E-state index contributed by atoms with van der Waals surface area (Å²) in [6.45, 7) is 9.65. The molecule has 0 saturated heterocycles. The fourth-order valence-electron chi connectivity index (χ4n) is 10.1. The molecule has 0 atom stereocenters. The predicted octanol–water partition coefficient (Wildman–Crippen LogP) is 21.5. The molecule has 0 bridgehead atoms. The Morgan fingerprint density at radius 3 is 0.765 bits per heavy atom. The zero-order chi connectivity index (χ0) is 58.4. The Bertz CT molecular complexity index is 1730. The maximum atomic E-state index is 14.1. The second-order valence-electron chi connectivity index (χ2n) is 22.9. The molecule has 14 heteroatoms. The van der Waals surface area contributed by atoms with Crippen LogP contribution >= 0.6 is 0 Å². The lowest BCUT2D eigenvalue weighted by Gasteiger charge is -2.29. The summed E-state index contributed by atoms with van der Waals surface area (Å²) in [5.74, 6) is 0.646. The van der Waals surface area contributed by atoms with Crippen LogP contribution < -0.4 is 18.9 Å². The van der Waals surface area contributed by atoms with Gasteiger partial charge in [-0.3, -0.25) is 0 Å². The smallest absolute Gasteiger partial charge is 0.338 e. The first-order chi connectivity index (χ1) is 39.8. The van der Waals surface area contributed by atoms with Gasteiger partial charge in [-0.1, -0.05) is 269 Å². The van der Waals surface area contributed by atoms with Crippen molar-refractivity contribution < 1.29 is 38.0 Å². The van der Waals surface area contributed by atoms with Crippen molar-refractivity contribution in [3.05, 3.63) is 68.4 Å². The average molecular weight is 1130 g/mol. The van der Waals surface area contributed by atoms with Crippen LogP contribution in [0.25, 0.3) is 20.9 Å². The minimum absolute atomic E-state index is 0.215. The third-order valence-electron chi connectivity index (χ3n) is 15.3. The van der Waals surface area contributed by atoms with Gasteiger partial charge in [-0.25, -0.2) is 9.59 Å². The van der Waals surface area contributed by atoms with Crippen LogP contribution in [-0.2, 0) is 9.47 Å². The van der Waals surface area contributed by atoms with Gasteiger partial charge in [0.25, 0.3) is 0 Å². The summed E-state index contributed by atoms with van der Waals surface area (Å²) in [6.07, 6.45) is 48.5. The molecule has 2 aromatic carbocycles. The van der Waals surface area contributed by atoms with Gasteiger partial charge in [-0.2, -0.15) is 0 Å². The highest BCUT2D eigenvalue weighted by molar-refractivity contribution is 5.91. The monoisotopic (exact) mass is 1130 g/mol. The van der Waals surface area contributed by atoms with Crippen LogP contribution in [0.5, 0.6) is 23.0 Å². The van der Waals surface area contributed by atoms with E-state index in [1.165, 1.54) is 180 Å². The molecular formula is C67H114N6O8. The molecule has 460 valence electrons. The SMILES string of the molecule is CCCCCCCCCCCCOc1cc(OCCCCCCCCCCCC)cc(C(=O)OCC(CN=[N+]=[N-])(CN=[N+]=[N-])COC(=O)c2cc(OCCCCCCCCCCCC)cc(OCCCCCCCCCCCC)c2)c1. The van der Waals surface area contributed by atoms with Gasteiger partial charge in [0.15, 0.2) is 0 Å². The molecule has 14 nitrogen and oxygen atoms in total. The van der Waals surface area contributed by atoms with Gasteiger partial charge in [-0.05, 0) is 61.0 Å². The number of benzene rings is 2. The molecule has 0 aliphatic heterocycles. The predicted molar refractivity (Wildman–Crippen MR) is 333 cm³/mol. The molecule has 0 N–H and O–H groups in total. The lowest BCUT2D eigenvalue weighted by Crippen LogP contribution is -2.40. The average Bonchev–Trinajstić information content (AvgIpc) is 3.48. The number of carbonyl (C=O) groups excluding carboxylic acids is 2. The fraction of sp³-hybridized carbons (Fsp3) is 0.791. The van der Waals surface area contributed by atoms with Gasteiger partial charge >= 0.3 is 11.9 Å². The van der Waals surface area contributed by atoms with E-state index < -0.39 is 17.4 Å². The van der Waals surface area contributed by atoms with E-state index in [0.29, 0.717) is 49.4 Å². The van der Waals surface area contributed by atoms with Crippen molar-refractivity contribution in [1.29, 1.82) is 0 Å². The lowest BCUT2D eigenvalue weighted by atomic mass is 9.90. The summed E-state index contributed by atoms with van der Waals surface area (Å²) >= 11 is 0. The molecule has 0 aliphatic carbocycles. The van der Waals surface area contributed by atoms with Crippen LogP contribution in [0, 0.1) is 5.41 Å². The van der Waals surface area contributed by atoms with Crippen LogP contribution in [0.4, 0.5) is 0 Å². The van der Waals surface area contributed by atoms with Crippen LogP contribution in [0.15, 0.2) is 46.6 Å². The first-order valence-corrected chi connectivity index (χ1v) is 33.0. The van der Waals surface area contributed by atoms with Gasteiger partial charge in [0, 0.05) is 40.5 Å². The number of unbranched alkanes of at least 4 members (excludes halogenated alkanes) is 36. The van der Waals surface area contributed by atoms with E-state index in [1.807, 2.05) is 12.1 Å². The number of nitrogens with zero attached hydrogens (tertiary/aromatic N) is 6. The molecule has 0 aromatic heterocycles. The van der Waals surface area contributed by atoms with E-state index >= 15 is 0 Å². The molecule has 0 aliphatic rings. The van der Waals surface area contributed by atoms with Crippen molar-refractivity contribution in [1.82, 2.24) is 0 Å². The molecule has 0 amide bonds. The minimum atomic E-state index is -1.39. The Hall–Kier alpha value is -4.80. The first kappa shape index (κ1) is 72.3. The van der Waals surface area contributed by atoms with E-state index in [9.17, 15) is 20.7 Å². The van der Waals surface area contributed by atoms with Crippen molar-refractivity contribution in [3.63, 3.8) is 0 Å². The molecule has 81 heavy (non-hydrogen) atoms. The molecule has 0 heterocycles. The molecule has 0 saturated carbocycles. The second-order valence-corrected chi connectivity index (χ2v) is 22.9. The highest BCUT2D eigenvalue weighted by atomic mass is 16.6. The lowest BCUT2D eigenvalue weighted by molar-refractivity contribution is 0.000360. The molecule has 0 spiro atoms. The van der Waals surface area contributed by atoms with Crippen molar-refractivity contribution >= 4 is 11.9 Å². The first-order valence-electron chi connectivity index (χ1n) is 33.0. The Morgan fingerprint density at radius 2 is 0.556 bits per heavy atom. The number of carbonyl (C=O) groups is 2. The maximum Gasteiger partial charge on any atom is 0.338 e. The van der Waals surface area contributed by atoms with Gasteiger partial charge in [0.2, 0.25) is 0 Å². The van der Waals surface area contributed by atoms with Crippen LogP contribution in [0.1, 0.15) is 305 Å². The maximum absolute atomic E-state index is 14.1. The largest absolute Gasteiger partial charge is 0.493 e. The summed E-state index contributed by atoms with van der Waals surface area (Å²) in [5.41, 5.74) is 18.0. The summed E-state index contributed by atoms with van der Waals surface area (Å²) in [6, 6.07) is 10.2. The van der Waals surface area contributed by atoms with Crippen LogP contribution in [0.2, 0.25) is 0 Å². The zero-order valence-corrected chi connectivity index (χ0v) is 51.9. The van der Waals surface area contributed by atoms with Gasteiger partial charge in [0.1, 0.15) is 36.2 Å². The normalized spacial score (nSPS) is 11.2. The number of hydrogen-bond donors (Lipinski definition) is 0. The Balaban J connectivity index is 2.20. The van der Waals surface area contributed by atoms with Gasteiger partial charge in [-0.15, -0.1) is 0 Å². The number of rotatable bonds is 58.